The summed E-state index contributed by atoms with van der Waals surface area (Å²) in [6.07, 6.45) is 1.71. The number of rotatable bonds is 6. The van der Waals surface area contributed by atoms with Crippen LogP contribution < -0.4 is 11.1 Å². The van der Waals surface area contributed by atoms with E-state index in [0.717, 1.165) is 6.42 Å². The van der Waals surface area contributed by atoms with Crippen LogP contribution in [0, 0.1) is 11.8 Å². The van der Waals surface area contributed by atoms with Crippen LogP contribution >= 0.6 is 0 Å². The highest BCUT2D eigenvalue weighted by Gasteiger charge is 2.31. The van der Waals surface area contributed by atoms with Gasteiger partial charge in [0.1, 0.15) is 0 Å². The van der Waals surface area contributed by atoms with E-state index in [4.69, 9.17) is 5.73 Å². The second kappa shape index (κ2) is 8.29. The standard InChI is InChI=1S/C18H29N3O3S/c1-13-9-14(2)12-21(11-13)25(23,24)17-6-4-5-16(10-17)18(22)20-8-7-15(3)19/h4-6,10,13-15H,7-9,11-12,19H2,1-3H3,(H,20,22). The fraction of sp³-hybridized carbons (Fsp3) is 0.611. The van der Waals surface area contributed by atoms with Crippen LogP contribution in [0.3, 0.4) is 0 Å². The number of hydrogen-bond acceptors (Lipinski definition) is 4. The second-order valence-corrected chi connectivity index (χ2v) is 9.26. The van der Waals surface area contributed by atoms with Crippen LogP contribution in [0.15, 0.2) is 29.2 Å². The van der Waals surface area contributed by atoms with Crippen molar-refractivity contribution in [1.29, 1.82) is 0 Å². The first-order valence-electron chi connectivity index (χ1n) is 8.84. The normalized spacial score (nSPS) is 23.2. The molecule has 1 amide bonds. The lowest BCUT2D eigenvalue weighted by Gasteiger charge is -2.34. The summed E-state index contributed by atoms with van der Waals surface area (Å²) in [5, 5.41) is 2.78. The maximum absolute atomic E-state index is 12.9. The fourth-order valence-electron chi connectivity index (χ4n) is 3.26. The fourth-order valence-corrected chi connectivity index (χ4v) is 4.99. The molecule has 1 saturated heterocycles. The van der Waals surface area contributed by atoms with Gasteiger partial charge in [0, 0.05) is 31.2 Å². The molecular weight excluding hydrogens is 338 g/mol. The summed E-state index contributed by atoms with van der Waals surface area (Å²) in [7, 11) is -3.58. The molecule has 1 aliphatic heterocycles. The molecule has 1 aliphatic rings. The van der Waals surface area contributed by atoms with Gasteiger partial charge in [-0.05, 0) is 49.8 Å². The van der Waals surface area contributed by atoms with Gasteiger partial charge in [0.05, 0.1) is 4.90 Å². The molecule has 1 aromatic rings. The molecule has 3 atom stereocenters. The van der Waals surface area contributed by atoms with Crippen LogP contribution in [0.5, 0.6) is 0 Å². The Morgan fingerprint density at radius 1 is 1.32 bits per heavy atom. The topological polar surface area (TPSA) is 92.5 Å². The van der Waals surface area contributed by atoms with Gasteiger partial charge in [-0.25, -0.2) is 8.42 Å². The van der Waals surface area contributed by atoms with Crippen molar-refractivity contribution in [2.75, 3.05) is 19.6 Å². The molecule has 1 heterocycles. The third kappa shape index (κ3) is 5.26. The molecule has 0 bridgehead atoms. The highest BCUT2D eigenvalue weighted by atomic mass is 32.2. The van der Waals surface area contributed by atoms with Crippen LogP contribution in [-0.4, -0.2) is 44.3 Å². The molecule has 0 aliphatic carbocycles. The summed E-state index contributed by atoms with van der Waals surface area (Å²) < 4.78 is 27.4. The molecule has 1 aromatic carbocycles. The van der Waals surface area contributed by atoms with E-state index < -0.39 is 10.0 Å². The highest BCUT2D eigenvalue weighted by molar-refractivity contribution is 7.89. The Morgan fingerprint density at radius 2 is 1.96 bits per heavy atom. The smallest absolute Gasteiger partial charge is 0.251 e. The van der Waals surface area contributed by atoms with Crippen molar-refractivity contribution in [2.24, 2.45) is 17.6 Å². The minimum Gasteiger partial charge on any atom is -0.352 e. The van der Waals surface area contributed by atoms with E-state index in [1.54, 1.807) is 22.5 Å². The Labute approximate surface area is 150 Å². The second-order valence-electron chi connectivity index (χ2n) is 7.32. The molecule has 25 heavy (non-hydrogen) atoms. The van der Waals surface area contributed by atoms with Crippen molar-refractivity contribution >= 4 is 15.9 Å². The Bertz CT molecular complexity index is 693. The summed E-state index contributed by atoms with van der Waals surface area (Å²) in [5.41, 5.74) is 6.02. The highest BCUT2D eigenvalue weighted by Crippen LogP contribution is 2.26. The average molecular weight is 368 g/mol. The van der Waals surface area contributed by atoms with Crippen LogP contribution in [-0.2, 0) is 10.0 Å². The lowest BCUT2D eigenvalue weighted by atomic mass is 9.94. The van der Waals surface area contributed by atoms with Gasteiger partial charge < -0.3 is 11.1 Å². The number of carbonyl (C=O) groups is 1. The molecule has 0 spiro atoms. The van der Waals surface area contributed by atoms with Gasteiger partial charge in [0.2, 0.25) is 10.0 Å². The van der Waals surface area contributed by atoms with E-state index in [1.807, 2.05) is 6.92 Å². The van der Waals surface area contributed by atoms with Gasteiger partial charge in [-0.15, -0.1) is 0 Å². The maximum Gasteiger partial charge on any atom is 0.251 e. The van der Waals surface area contributed by atoms with Gasteiger partial charge >= 0.3 is 0 Å². The van der Waals surface area contributed by atoms with Crippen molar-refractivity contribution in [2.45, 2.75) is 44.6 Å². The molecule has 0 radical (unpaired) electrons. The molecular formula is C18H29N3O3S. The van der Waals surface area contributed by atoms with Gasteiger partial charge in [0.25, 0.3) is 5.91 Å². The number of amides is 1. The monoisotopic (exact) mass is 367 g/mol. The first-order chi connectivity index (χ1) is 11.7. The molecule has 7 heteroatoms. The zero-order valence-corrected chi connectivity index (χ0v) is 16.1. The molecule has 1 fully saturated rings. The zero-order valence-electron chi connectivity index (χ0n) is 15.2. The van der Waals surface area contributed by atoms with Crippen LogP contribution in [0.1, 0.15) is 44.0 Å². The van der Waals surface area contributed by atoms with Gasteiger partial charge in [-0.3, -0.25) is 4.79 Å². The van der Waals surface area contributed by atoms with Gasteiger partial charge in [-0.2, -0.15) is 4.31 Å². The maximum atomic E-state index is 12.9. The Kier molecular flexibility index (Phi) is 6.59. The molecule has 6 nitrogen and oxygen atoms in total. The van der Waals surface area contributed by atoms with E-state index in [-0.39, 0.29) is 16.8 Å². The van der Waals surface area contributed by atoms with E-state index in [1.165, 1.54) is 6.07 Å². The quantitative estimate of drug-likeness (QED) is 0.802. The number of nitrogens with zero attached hydrogens (tertiary/aromatic N) is 1. The largest absolute Gasteiger partial charge is 0.352 e. The van der Waals surface area contributed by atoms with Crippen molar-refractivity contribution < 1.29 is 13.2 Å². The molecule has 2 rings (SSSR count). The lowest BCUT2D eigenvalue weighted by Crippen LogP contribution is -2.42. The van der Waals surface area contributed by atoms with Gasteiger partial charge in [-0.1, -0.05) is 19.9 Å². The van der Waals surface area contributed by atoms with Crippen LogP contribution in [0.4, 0.5) is 0 Å². The lowest BCUT2D eigenvalue weighted by molar-refractivity contribution is 0.0952. The SMILES string of the molecule is CC(N)CCNC(=O)c1cccc(S(=O)(=O)N2CC(C)CC(C)C2)c1. The number of nitrogens with one attached hydrogen (secondary N) is 1. The number of hydrogen-bond donors (Lipinski definition) is 2. The van der Waals surface area contributed by atoms with E-state index in [2.05, 4.69) is 19.2 Å². The molecule has 3 N–H and O–H groups in total. The van der Waals surface area contributed by atoms with Crippen molar-refractivity contribution in [3.05, 3.63) is 29.8 Å². The Balaban J connectivity index is 2.15. The third-order valence-corrected chi connectivity index (χ3v) is 6.28. The predicted octanol–water partition coefficient (Wildman–Crippen LogP) is 1.82. The summed E-state index contributed by atoms with van der Waals surface area (Å²) in [4.78, 5) is 12.4. The average Bonchev–Trinajstić information content (AvgIpc) is 2.53. The number of nitrogens with two attached hydrogens (primary N) is 1. The third-order valence-electron chi connectivity index (χ3n) is 4.45. The van der Waals surface area contributed by atoms with Crippen molar-refractivity contribution in [3.63, 3.8) is 0 Å². The molecule has 140 valence electrons. The minimum absolute atomic E-state index is 0.00935. The number of piperidine rings is 1. The summed E-state index contributed by atoms with van der Waals surface area (Å²) >= 11 is 0. The van der Waals surface area contributed by atoms with Crippen molar-refractivity contribution in [3.8, 4) is 0 Å². The Hall–Kier alpha value is -1.44. The number of sulfonamides is 1. The zero-order chi connectivity index (χ0) is 18.6. The summed E-state index contributed by atoms with van der Waals surface area (Å²) in [6.45, 7) is 7.53. The summed E-state index contributed by atoms with van der Waals surface area (Å²) in [5.74, 6) is 0.393. The molecule has 0 aromatic heterocycles. The van der Waals surface area contributed by atoms with E-state index >= 15 is 0 Å². The first-order valence-corrected chi connectivity index (χ1v) is 10.3. The predicted molar refractivity (Wildman–Crippen MR) is 98.7 cm³/mol. The van der Waals surface area contributed by atoms with Crippen LogP contribution in [0.25, 0.3) is 0 Å². The van der Waals surface area contributed by atoms with Crippen molar-refractivity contribution in [1.82, 2.24) is 9.62 Å². The first kappa shape index (κ1) is 19.9. The molecule has 0 saturated carbocycles. The molecule has 3 unspecified atom stereocenters. The Morgan fingerprint density at radius 3 is 2.56 bits per heavy atom. The number of carbonyl (C=O) groups excluding carboxylic acids is 1. The van der Waals surface area contributed by atoms with E-state index in [0.29, 0.717) is 43.5 Å². The summed E-state index contributed by atoms with van der Waals surface area (Å²) in [6, 6.07) is 6.26. The minimum atomic E-state index is -3.58. The van der Waals surface area contributed by atoms with Gasteiger partial charge in [0.15, 0.2) is 0 Å². The number of benzene rings is 1. The van der Waals surface area contributed by atoms with Crippen LogP contribution in [0.2, 0.25) is 0 Å². The van der Waals surface area contributed by atoms with E-state index in [9.17, 15) is 13.2 Å².